The number of nitrogens with two attached hydrogens (primary N) is 1. The van der Waals surface area contributed by atoms with Crippen molar-refractivity contribution in [1.82, 2.24) is 14.8 Å². The standard InChI is InChI=1S/C11H13N5O/c1-7-5-8(3-4-9(7)12)10(17)15-11-13-6-14-16(11)2/h3-6H,12H2,1-2H3,(H,13,14,15,17). The minimum atomic E-state index is -0.232. The summed E-state index contributed by atoms with van der Waals surface area (Å²) in [5.74, 6) is 0.175. The third kappa shape index (κ3) is 2.25. The van der Waals surface area contributed by atoms with Gasteiger partial charge in [-0.2, -0.15) is 10.1 Å². The highest BCUT2D eigenvalue weighted by Gasteiger charge is 2.09. The number of carbonyl (C=O) groups excluding carboxylic acids is 1. The smallest absolute Gasteiger partial charge is 0.258 e. The van der Waals surface area contributed by atoms with Crippen molar-refractivity contribution in [3.63, 3.8) is 0 Å². The molecule has 2 rings (SSSR count). The quantitative estimate of drug-likeness (QED) is 0.754. The minimum Gasteiger partial charge on any atom is -0.399 e. The Morgan fingerprint density at radius 3 is 2.82 bits per heavy atom. The van der Waals surface area contributed by atoms with Gasteiger partial charge in [0, 0.05) is 18.3 Å². The second-order valence-electron chi connectivity index (χ2n) is 3.73. The summed E-state index contributed by atoms with van der Waals surface area (Å²) in [6, 6.07) is 5.12. The topological polar surface area (TPSA) is 85.8 Å². The fraction of sp³-hybridized carbons (Fsp3) is 0.182. The molecule has 6 heteroatoms. The minimum absolute atomic E-state index is 0.232. The molecule has 0 unspecified atom stereocenters. The zero-order valence-corrected chi connectivity index (χ0v) is 9.64. The molecule has 6 nitrogen and oxygen atoms in total. The van der Waals surface area contributed by atoms with Gasteiger partial charge < -0.3 is 5.73 Å². The molecule has 0 radical (unpaired) electrons. The lowest BCUT2D eigenvalue weighted by Crippen LogP contribution is -2.15. The number of benzene rings is 1. The van der Waals surface area contributed by atoms with Gasteiger partial charge in [0.15, 0.2) is 0 Å². The predicted molar refractivity (Wildman–Crippen MR) is 64.5 cm³/mol. The molecule has 0 saturated heterocycles. The van der Waals surface area contributed by atoms with Crippen LogP contribution in [0, 0.1) is 6.92 Å². The molecule has 3 N–H and O–H groups in total. The first-order valence-corrected chi connectivity index (χ1v) is 5.09. The number of aromatic nitrogens is 3. The van der Waals surface area contributed by atoms with Gasteiger partial charge in [0.2, 0.25) is 5.95 Å². The molecule has 0 bridgehead atoms. The van der Waals surface area contributed by atoms with Gasteiger partial charge >= 0.3 is 0 Å². The van der Waals surface area contributed by atoms with Crippen LogP contribution in [0.5, 0.6) is 0 Å². The average molecular weight is 231 g/mol. The first-order chi connectivity index (χ1) is 8.08. The Hall–Kier alpha value is -2.37. The highest BCUT2D eigenvalue weighted by atomic mass is 16.1. The summed E-state index contributed by atoms with van der Waals surface area (Å²) >= 11 is 0. The summed E-state index contributed by atoms with van der Waals surface area (Å²) < 4.78 is 1.49. The highest BCUT2D eigenvalue weighted by Crippen LogP contribution is 2.13. The Kier molecular flexibility index (Phi) is 2.78. The van der Waals surface area contributed by atoms with Crippen LogP contribution in [-0.2, 0) is 7.05 Å². The molecule has 1 aromatic carbocycles. The number of aryl methyl sites for hydroxylation is 2. The number of nitrogens with one attached hydrogen (secondary N) is 1. The van der Waals surface area contributed by atoms with E-state index >= 15 is 0 Å². The van der Waals surface area contributed by atoms with E-state index in [1.807, 2.05) is 6.92 Å². The highest BCUT2D eigenvalue weighted by molar-refractivity contribution is 6.03. The molecular weight excluding hydrogens is 218 g/mol. The van der Waals surface area contributed by atoms with Crippen LogP contribution >= 0.6 is 0 Å². The molecule has 0 fully saturated rings. The van der Waals surface area contributed by atoms with Crippen LogP contribution in [0.4, 0.5) is 11.6 Å². The van der Waals surface area contributed by atoms with E-state index in [4.69, 9.17) is 5.73 Å². The number of amides is 1. The first kappa shape index (κ1) is 11.1. The Morgan fingerprint density at radius 1 is 1.47 bits per heavy atom. The zero-order valence-electron chi connectivity index (χ0n) is 9.64. The Labute approximate surface area is 98.5 Å². The van der Waals surface area contributed by atoms with E-state index in [-0.39, 0.29) is 5.91 Å². The van der Waals surface area contributed by atoms with Crippen LogP contribution in [0.15, 0.2) is 24.5 Å². The van der Waals surface area contributed by atoms with E-state index in [9.17, 15) is 4.79 Å². The van der Waals surface area contributed by atoms with Gasteiger partial charge in [0.1, 0.15) is 6.33 Å². The van der Waals surface area contributed by atoms with Crippen molar-refractivity contribution in [2.24, 2.45) is 7.05 Å². The number of nitrogen functional groups attached to an aromatic ring is 1. The monoisotopic (exact) mass is 231 g/mol. The fourth-order valence-electron chi connectivity index (χ4n) is 1.40. The van der Waals surface area contributed by atoms with Crippen molar-refractivity contribution in [3.8, 4) is 0 Å². The van der Waals surface area contributed by atoms with E-state index in [2.05, 4.69) is 15.4 Å². The maximum absolute atomic E-state index is 11.9. The van der Waals surface area contributed by atoms with E-state index in [0.29, 0.717) is 17.2 Å². The van der Waals surface area contributed by atoms with E-state index in [1.54, 1.807) is 25.2 Å². The fourth-order valence-corrected chi connectivity index (χ4v) is 1.40. The lowest BCUT2D eigenvalue weighted by atomic mass is 10.1. The summed E-state index contributed by atoms with van der Waals surface area (Å²) in [7, 11) is 1.71. The van der Waals surface area contributed by atoms with E-state index in [0.717, 1.165) is 5.56 Å². The maximum Gasteiger partial charge on any atom is 0.258 e. The molecule has 0 aliphatic rings. The Balaban J connectivity index is 2.20. The molecule has 0 spiro atoms. The van der Waals surface area contributed by atoms with Crippen molar-refractivity contribution >= 4 is 17.5 Å². The van der Waals surface area contributed by atoms with Gasteiger partial charge in [-0.15, -0.1) is 0 Å². The van der Waals surface area contributed by atoms with E-state index in [1.165, 1.54) is 11.0 Å². The molecule has 1 amide bonds. The lowest BCUT2D eigenvalue weighted by Gasteiger charge is -2.06. The third-order valence-corrected chi connectivity index (χ3v) is 2.47. The summed E-state index contributed by atoms with van der Waals surface area (Å²) in [6.45, 7) is 1.86. The average Bonchev–Trinajstić information content (AvgIpc) is 2.68. The van der Waals surface area contributed by atoms with Gasteiger partial charge in [0.05, 0.1) is 0 Å². The summed E-state index contributed by atoms with van der Waals surface area (Å²) in [5, 5.41) is 6.53. The molecule has 0 saturated carbocycles. The van der Waals surface area contributed by atoms with Crippen molar-refractivity contribution in [2.45, 2.75) is 6.92 Å². The third-order valence-electron chi connectivity index (χ3n) is 2.47. The summed E-state index contributed by atoms with van der Waals surface area (Å²) in [5.41, 5.74) is 7.77. The van der Waals surface area contributed by atoms with Crippen molar-refractivity contribution in [1.29, 1.82) is 0 Å². The summed E-state index contributed by atoms with van der Waals surface area (Å²) in [6.07, 6.45) is 1.38. The second-order valence-corrected chi connectivity index (χ2v) is 3.73. The van der Waals surface area contributed by atoms with Crippen LogP contribution in [-0.4, -0.2) is 20.7 Å². The number of rotatable bonds is 2. The zero-order chi connectivity index (χ0) is 12.4. The number of carbonyl (C=O) groups is 1. The number of anilines is 2. The molecule has 0 atom stereocenters. The lowest BCUT2D eigenvalue weighted by molar-refractivity contribution is 0.102. The number of hydrogen-bond acceptors (Lipinski definition) is 4. The molecular formula is C11H13N5O. The van der Waals surface area contributed by atoms with Gasteiger partial charge in [-0.1, -0.05) is 0 Å². The van der Waals surface area contributed by atoms with Gasteiger partial charge in [0.25, 0.3) is 5.91 Å². The molecule has 0 aliphatic heterocycles. The number of hydrogen-bond donors (Lipinski definition) is 2. The SMILES string of the molecule is Cc1cc(C(=O)Nc2ncnn2C)ccc1N. The predicted octanol–water partition coefficient (Wildman–Crippen LogP) is 0.958. The van der Waals surface area contributed by atoms with Crippen LogP contribution in [0.1, 0.15) is 15.9 Å². The number of nitrogens with zero attached hydrogens (tertiary/aromatic N) is 3. The molecule has 17 heavy (non-hydrogen) atoms. The van der Waals surface area contributed by atoms with Gasteiger partial charge in [-0.05, 0) is 30.7 Å². The van der Waals surface area contributed by atoms with Crippen LogP contribution < -0.4 is 11.1 Å². The van der Waals surface area contributed by atoms with Crippen LogP contribution in [0.25, 0.3) is 0 Å². The van der Waals surface area contributed by atoms with Crippen molar-refractivity contribution < 1.29 is 4.79 Å². The Morgan fingerprint density at radius 2 is 2.24 bits per heavy atom. The largest absolute Gasteiger partial charge is 0.399 e. The second kappa shape index (κ2) is 4.25. The molecule has 88 valence electrons. The summed E-state index contributed by atoms with van der Waals surface area (Å²) in [4.78, 5) is 15.8. The normalized spacial score (nSPS) is 10.2. The van der Waals surface area contributed by atoms with Gasteiger partial charge in [-0.3, -0.25) is 10.1 Å². The van der Waals surface area contributed by atoms with Crippen molar-refractivity contribution in [2.75, 3.05) is 11.1 Å². The Bertz CT molecular complexity index is 561. The van der Waals surface area contributed by atoms with Gasteiger partial charge in [-0.25, -0.2) is 4.68 Å². The molecule has 1 aromatic heterocycles. The molecule has 0 aliphatic carbocycles. The molecule has 2 aromatic rings. The van der Waals surface area contributed by atoms with Crippen molar-refractivity contribution in [3.05, 3.63) is 35.7 Å². The molecule has 1 heterocycles. The van der Waals surface area contributed by atoms with E-state index < -0.39 is 0 Å². The van der Waals surface area contributed by atoms with Crippen LogP contribution in [0.3, 0.4) is 0 Å². The van der Waals surface area contributed by atoms with Crippen LogP contribution in [0.2, 0.25) is 0 Å². The maximum atomic E-state index is 11.9. The first-order valence-electron chi connectivity index (χ1n) is 5.09.